The van der Waals surface area contributed by atoms with Gasteiger partial charge in [-0.2, -0.15) is 5.10 Å². The Morgan fingerprint density at radius 1 is 1.07 bits per heavy atom. The summed E-state index contributed by atoms with van der Waals surface area (Å²) in [6.45, 7) is 0. The molecule has 3 aromatic heterocycles. The number of furan rings is 1. The predicted octanol–water partition coefficient (Wildman–Crippen LogP) is 6.21. The Kier molecular flexibility index (Phi) is 8.41. The van der Waals surface area contributed by atoms with E-state index in [9.17, 15) is 14.9 Å². The lowest BCUT2D eigenvalue weighted by molar-refractivity contribution is -0.384. The molecule has 0 saturated heterocycles. The van der Waals surface area contributed by atoms with Crippen LogP contribution in [-0.4, -0.2) is 34.1 Å². The van der Waals surface area contributed by atoms with Gasteiger partial charge in [-0.1, -0.05) is 6.07 Å². The topological polar surface area (TPSA) is 145 Å². The van der Waals surface area contributed by atoms with Crippen molar-refractivity contribution in [1.29, 1.82) is 0 Å². The van der Waals surface area contributed by atoms with Gasteiger partial charge in [0.1, 0.15) is 23.1 Å². The molecule has 0 aliphatic heterocycles. The lowest BCUT2D eigenvalue weighted by Crippen LogP contribution is -2.17. The zero-order valence-corrected chi connectivity index (χ0v) is 22.6. The molecule has 0 aliphatic rings. The molecule has 206 valence electrons. The SMILES string of the molecule is COc1ccc(-c2nc(Nc3ccccn3)sc2CCC(=O)N/N=C/c2ccc(-c3ccc([N+](=O)[O-])cc3)o2)cc1. The summed E-state index contributed by atoms with van der Waals surface area (Å²) >= 11 is 1.46. The Balaban J connectivity index is 1.22. The van der Waals surface area contributed by atoms with E-state index in [-0.39, 0.29) is 18.0 Å². The summed E-state index contributed by atoms with van der Waals surface area (Å²) in [7, 11) is 1.61. The molecule has 0 bridgehead atoms. The average Bonchev–Trinajstić information content (AvgIpc) is 3.64. The van der Waals surface area contributed by atoms with E-state index in [4.69, 9.17) is 14.1 Å². The number of nitrogens with zero attached hydrogens (tertiary/aromatic N) is 4. The molecular formula is C29H24N6O5S. The number of thiazole rings is 1. The zero-order valence-electron chi connectivity index (χ0n) is 21.8. The van der Waals surface area contributed by atoms with Crippen molar-refractivity contribution in [1.82, 2.24) is 15.4 Å². The van der Waals surface area contributed by atoms with Gasteiger partial charge in [-0.25, -0.2) is 15.4 Å². The van der Waals surface area contributed by atoms with E-state index in [1.165, 1.54) is 29.7 Å². The number of nitrogens with one attached hydrogen (secondary N) is 2. The van der Waals surface area contributed by atoms with E-state index in [0.717, 1.165) is 21.9 Å². The number of methoxy groups -OCH3 is 1. The first-order valence-corrected chi connectivity index (χ1v) is 13.3. The molecule has 0 unspecified atom stereocenters. The smallest absolute Gasteiger partial charge is 0.269 e. The monoisotopic (exact) mass is 568 g/mol. The van der Waals surface area contributed by atoms with Crippen LogP contribution in [0.2, 0.25) is 0 Å². The number of rotatable bonds is 11. The van der Waals surface area contributed by atoms with Crippen LogP contribution in [0.15, 0.2) is 94.6 Å². The molecular weight excluding hydrogens is 544 g/mol. The highest BCUT2D eigenvalue weighted by molar-refractivity contribution is 7.16. The maximum Gasteiger partial charge on any atom is 0.269 e. The van der Waals surface area contributed by atoms with Crippen molar-refractivity contribution in [2.45, 2.75) is 12.8 Å². The summed E-state index contributed by atoms with van der Waals surface area (Å²) in [6, 6.07) is 22.6. The lowest BCUT2D eigenvalue weighted by Gasteiger charge is -2.04. The second-order valence-electron chi connectivity index (χ2n) is 8.66. The van der Waals surface area contributed by atoms with Crippen LogP contribution in [0.1, 0.15) is 17.1 Å². The molecule has 1 amide bonds. The largest absolute Gasteiger partial charge is 0.497 e. The van der Waals surface area contributed by atoms with Crippen LogP contribution < -0.4 is 15.5 Å². The first-order chi connectivity index (χ1) is 20.0. The number of ether oxygens (including phenoxy) is 1. The first-order valence-electron chi connectivity index (χ1n) is 12.5. The third-order valence-corrected chi connectivity index (χ3v) is 6.94. The molecule has 41 heavy (non-hydrogen) atoms. The third-order valence-electron chi connectivity index (χ3n) is 5.91. The average molecular weight is 569 g/mol. The van der Waals surface area contributed by atoms with Crippen LogP contribution in [0, 0.1) is 10.1 Å². The van der Waals surface area contributed by atoms with Gasteiger partial charge in [-0.05, 0) is 67.1 Å². The van der Waals surface area contributed by atoms with Gasteiger partial charge in [0.05, 0.1) is 23.9 Å². The van der Waals surface area contributed by atoms with Crippen molar-refractivity contribution in [2.24, 2.45) is 5.10 Å². The summed E-state index contributed by atoms with van der Waals surface area (Å²) in [4.78, 5) is 33.0. The van der Waals surface area contributed by atoms with Gasteiger partial charge in [-0.15, -0.1) is 11.3 Å². The quantitative estimate of drug-likeness (QED) is 0.109. The van der Waals surface area contributed by atoms with E-state index in [2.05, 4.69) is 20.8 Å². The molecule has 0 saturated carbocycles. The van der Waals surface area contributed by atoms with Gasteiger partial charge in [0.25, 0.3) is 5.69 Å². The number of aryl methyl sites for hydroxylation is 1. The van der Waals surface area contributed by atoms with E-state index in [1.54, 1.807) is 37.6 Å². The number of pyridine rings is 1. The Morgan fingerprint density at radius 3 is 2.56 bits per heavy atom. The minimum Gasteiger partial charge on any atom is -0.497 e. The fraction of sp³-hybridized carbons (Fsp3) is 0.103. The van der Waals surface area contributed by atoms with Gasteiger partial charge in [0.15, 0.2) is 5.13 Å². The third kappa shape index (κ3) is 6.99. The summed E-state index contributed by atoms with van der Waals surface area (Å²) in [5.74, 6) is 2.10. The summed E-state index contributed by atoms with van der Waals surface area (Å²) in [6.07, 6.45) is 3.75. The maximum atomic E-state index is 12.6. The number of anilines is 2. The van der Waals surface area contributed by atoms with E-state index < -0.39 is 4.92 Å². The van der Waals surface area contributed by atoms with Gasteiger partial charge < -0.3 is 14.5 Å². The molecule has 5 aromatic rings. The fourth-order valence-corrected chi connectivity index (χ4v) is 4.86. The number of hydrogen-bond acceptors (Lipinski definition) is 10. The number of carbonyl (C=O) groups is 1. The highest BCUT2D eigenvalue weighted by Crippen LogP contribution is 2.34. The minimum atomic E-state index is -0.459. The first kappa shape index (κ1) is 27.2. The molecule has 11 nitrogen and oxygen atoms in total. The van der Waals surface area contributed by atoms with Crippen molar-refractivity contribution in [3.63, 3.8) is 0 Å². The Labute approximate surface area is 238 Å². The van der Waals surface area contributed by atoms with E-state index in [0.29, 0.717) is 34.5 Å². The summed E-state index contributed by atoms with van der Waals surface area (Å²) in [5, 5.41) is 18.7. The molecule has 12 heteroatoms. The van der Waals surface area contributed by atoms with Crippen molar-refractivity contribution >= 4 is 40.1 Å². The van der Waals surface area contributed by atoms with Crippen LogP contribution in [0.25, 0.3) is 22.6 Å². The van der Waals surface area contributed by atoms with Gasteiger partial charge in [0, 0.05) is 40.8 Å². The number of non-ortho nitro benzene ring substituents is 1. The van der Waals surface area contributed by atoms with Crippen molar-refractivity contribution < 1.29 is 18.9 Å². The van der Waals surface area contributed by atoms with Gasteiger partial charge in [0.2, 0.25) is 5.91 Å². The highest BCUT2D eigenvalue weighted by Gasteiger charge is 2.16. The molecule has 3 heterocycles. The second-order valence-corrected chi connectivity index (χ2v) is 9.74. The molecule has 0 atom stereocenters. The number of carbonyl (C=O) groups excluding carboxylic acids is 1. The molecule has 0 radical (unpaired) electrons. The van der Waals surface area contributed by atoms with Gasteiger partial charge >= 0.3 is 0 Å². The highest BCUT2D eigenvalue weighted by atomic mass is 32.1. The Hall–Kier alpha value is -5.36. The van der Waals surface area contributed by atoms with Gasteiger partial charge in [-0.3, -0.25) is 14.9 Å². The standard InChI is InChI=1S/C29H24N6O5S/c1-39-22-11-7-20(8-12-22)28-25(41-29(33-28)32-26-4-2-3-17-30-26)15-16-27(36)34-31-18-23-13-14-24(40-23)19-5-9-21(10-6-19)35(37)38/h2-14,17-18H,15-16H2,1H3,(H,34,36)(H,30,32,33)/b31-18+. The summed E-state index contributed by atoms with van der Waals surface area (Å²) < 4.78 is 11.0. The van der Waals surface area contributed by atoms with E-state index >= 15 is 0 Å². The number of amides is 1. The molecule has 2 N–H and O–H groups in total. The second kappa shape index (κ2) is 12.7. The number of nitro benzene ring substituents is 1. The van der Waals surface area contributed by atoms with Crippen LogP contribution in [0.4, 0.5) is 16.6 Å². The number of hydrazone groups is 1. The van der Waals surface area contributed by atoms with Crippen LogP contribution >= 0.6 is 11.3 Å². The van der Waals surface area contributed by atoms with E-state index in [1.807, 2.05) is 42.5 Å². The van der Waals surface area contributed by atoms with Crippen molar-refractivity contribution in [3.8, 4) is 28.3 Å². The number of hydrogen-bond donors (Lipinski definition) is 2. The minimum absolute atomic E-state index is 0.0000520. The normalized spacial score (nSPS) is 11.0. The Morgan fingerprint density at radius 2 is 1.85 bits per heavy atom. The molecule has 0 spiro atoms. The number of benzene rings is 2. The molecule has 0 aliphatic carbocycles. The number of nitro groups is 1. The van der Waals surface area contributed by atoms with Crippen LogP contribution in [0.5, 0.6) is 5.75 Å². The van der Waals surface area contributed by atoms with Crippen LogP contribution in [0.3, 0.4) is 0 Å². The molecule has 2 aromatic carbocycles. The predicted molar refractivity (Wildman–Crippen MR) is 156 cm³/mol. The summed E-state index contributed by atoms with van der Waals surface area (Å²) in [5.41, 5.74) is 4.91. The van der Waals surface area contributed by atoms with Crippen molar-refractivity contribution in [3.05, 3.63) is 106 Å². The molecule has 0 fully saturated rings. The lowest BCUT2D eigenvalue weighted by atomic mass is 10.1. The van der Waals surface area contributed by atoms with Crippen molar-refractivity contribution in [2.75, 3.05) is 12.4 Å². The van der Waals surface area contributed by atoms with Crippen LogP contribution in [-0.2, 0) is 11.2 Å². The zero-order chi connectivity index (χ0) is 28.6. The fourth-order valence-electron chi connectivity index (χ4n) is 3.87. The number of aromatic nitrogens is 2. The molecule has 5 rings (SSSR count). The maximum absolute atomic E-state index is 12.6. The Bertz CT molecular complexity index is 1660.